The Morgan fingerprint density at radius 3 is 2.90 bits per heavy atom. The summed E-state index contributed by atoms with van der Waals surface area (Å²) >= 11 is 0. The highest BCUT2D eigenvalue weighted by Gasteiger charge is 2.28. The molecule has 0 radical (unpaired) electrons. The van der Waals surface area contributed by atoms with E-state index in [1.807, 2.05) is 32.0 Å². The van der Waals surface area contributed by atoms with Gasteiger partial charge in [-0.2, -0.15) is 0 Å². The molecule has 1 fully saturated rings. The van der Waals surface area contributed by atoms with Crippen molar-refractivity contribution in [2.24, 2.45) is 10.9 Å². The fraction of sp³-hybridized carbons (Fsp3) is 0.429. The number of aryl methyl sites for hydroxylation is 2. The molecule has 1 saturated heterocycles. The highest BCUT2D eigenvalue weighted by molar-refractivity contribution is 5.96. The Labute approximate surface area is 117 Å². The van der Waals surface area contributed by atoms with Gasteiger partial charge in [0.05, 0.1) is 13.2 Å². The van der Waals surface area contributed by atoms with Crippen molar-refractivity contribution in [2.75, 3.05) is 19.7 Å². The number of hydrogen-bond acceptors (Lipinski definition) is 4. The first-order chi connectivity index (χ1) is 9.52. The molecule has 0 saturated carbocycles. The summed E-state index contributed by atoms with van der Waals surface area (Å²) < 4.78 is 5.39. The smallest absolute Gasteiger partial charge is 0.254 e. The van der Waals surface area contributed by atoms with E-state index in [-0.39, 0.29) is 11.7 Å². The first-order valence-electron chi connectivity index (χ1n) is 6.48. The predicted octanol–water partition coefficient (Wildman–Crippen LogP) is 0.891. The maximum atomic E-state index is 12.5. The van der Waals surface area contributed by atoms with E-state index in [2.05, 4.69) is 5.16 Å². The Hall–Kier alpha value is -2.08. The Morgan fingerprint density at radius 1 is 1.50 bits per heavy atom. The first kappa shape index (κ1) is 14.3. The van der Waals surface area contributed by atoms with Crippen LogP contribution in [0.4, 0.5) is 0 Å². The van der Waals surface area contributed by atoms with Crippen molar-refractivity contribution in [2.45, 2.75) is 20.0 Å². The average molecular weight is 277 g/mol. The van der Waals surface area contributed by atoms with Crippen LogP contribution in [0.3, 0.4) is 0 Å². The van der Waals surface area contributed by atoms with Crippen molar-refractivity contribution in [3.63, 3.8) is 0 Å². The van der Waals surface area contributed by atoms with Crippen LogP contribution in [0.25, 0.3) is 0 Å². The number of rotatable bonds is 2. The molecule has 6 heteroatoms. The third kappa shape index (κ3) is 2.91. The van der Waals surface area contributed by atoms with Crippen LogP contribution in [0.2, 0.25) is 0 Å². The predicted molar refractivity (Wildman–Crippen MR) is 75.0 cm³/mol. The molecule has 0 aliphatic carbocycles. The van der Waals surface area contributed by atoms with Gasteiger partial charge in [-0.3, -0.25) is 4.79 Å². The van der Waals surface area contributed by atoms with Crippen molar-refractivity contribution in [3.8, 4) is 0 Å². The molecule has 6 nitrogen and oxygen atoms in total. The molecule has 1 aromatic carbocycles. The van der Waals surface area contributed by atoms with E-state index in [0.29, 0.717) is 25.3 Å². The number of carbonyl (C=O) groups is 1. The molecule has 1 atom stereocenters. The summed E-state index contributed by atoms with van der Waals surface area (Å²) in [5.41, 5.74) is 8.28. The number of carbonyl (C=O) groups excluding carboxylic acids is 1. The lowest BCUT2D eigenvalue weighted by Crippen LogP contribution is -2.50. The molecular weight excluding hydrogens is 258 g/mol. The second-order valence-corrected chi connectivity index (χ2v) is 4.95. The lowest BCUT2D eigenvalue weighted by atomic mass is 10.0. The quantitative estimate of drug-likeness (QED) is 0.364. The van der Waals surface area contributed by atoms with Gasteiger partial charge >= 0.3 is 0 Å². The third-order valence-electron chi connectivity index (χ3n) is 3.41. The van der Waals surface area contributed by atoms with Crippen LogP contribution < -0.4 is 5.73 Å². The van der Waals surface area contributed by atoms with E-state index in [9.17, 15) is 4.79 Å². The van der Waals surface area contributed by atoms with Gasteiger partial charge in [-0.15, -0.1) is 0 Å². The molecule has 1 amide bonds. The van der Waals surface area contributed by atoms with Gasteiger partial charge in [-0.05, 0) is 25.5 Å². The molecule has 1 unspecified atom stereocenters. The van der Waals surface area contributed by atoms with Crippen LogP contribution in [-0.2, 0) is 4.74 Å². The number of nitrogens with two attached hydrogens (primary N) is 1. The van der Waals surface area contributed by atoms with Crippen LogP contribution >= 0.6 is 0 Å². The fourth-order valence-corrected chi connectivity index (χ4v) is 2.30. The second kappa shape index (κ2) is 5.92. The second-order valence-electron chi connectivity index (χ2n) is 4.95. The maximum Gasteiger partial charge on any atom is 0.254 e. The molecule has 0 spiro atoms. The van der Waals surface area contributed by atoms with Crippen molar-refractivity contribution in [3.05, 3.63) is 34.9 Å². The van der Waals surface area contributed by atoms with E-state index in [1.165, 1.54) is 0 Å². The zero-order valence-corrected chi connectivity index (χ0v) is 11.7. The number of morpholine rings is 1. The van der Waals surface area contributed by atoms with Crippen molar-refractivity contribution in [1.29, 1.82) is 0 Å². The van der Waals surface area contributed by atoms with E-state index in [1.54, 1.807) is 4.90 Å². The van der Waals surface area contributed by atoms with Crippen LogP contribution in [-0.4, -0.2) is 47.7 Å². The highest BCUT2D eigenvalue weighted by Crippen LogP contribution is 2.15. The SMILES string of the molecule is Cc1ccc(C(=O)N2CCOC(C(N)=NO)C2)c(C)c1. The summed E-state index contributed by atoms with van der Waals surface area (Å²) in [6, 6.07) is 5.73. The minimum absolute atomic E-state index is 0.0110. The topological polar surface area (TPSA) is 88.2 Å². The zero-order chi connectivity index (χ0) is 14.7. The molecule has 0 bridgehead atoms. The normalized spacial score (nSPS) is 20.0. The Morgan fingerprint density at radius 2 is 2.25 bits per heavy atom. The average Bonchev–Trinajstić information content (AvgIpc) is 2.46. The third-order valence-corrected chi connectivity index (χ3v) is 3.41. The molecule has 1 aliphatic heterocycles. The maximum absolute atomic E-state index is 12.5. The van der Waals surface area contributed by atoms with Gasteiger partial charge in [-0.25, -0.2) is 0 Å². The monoisotopic (exact) mass is 277 g/mol. The van der Waals surface area contributed by atoms with Crippen LogP contribution in [0, 0.1) is 13.8 Å². The molecule has 3 N–H and O–H groups in total. The lowest BCUT2D eigenvalue weighted by molar-refractivity contribution is 0.00672. The van der Waals surface area contributed by atoms with Gasteiger partial charge in [0.15, 0.2) is 5.84 Å². The van der Waals surface area contributed by atoms with Gasteiger partial charge in [0.1, 0.15) is 6.10 Å². The van der Waals surface area contributed by atoms with E-state index in [4.69, 9.17) is 15.7 Å². The Bertz CT molecular complexity index is 542. The largest absolute Gasteiger partial charge is 0.409 e. The van der Waals surface area contributed by atoms with Crippen LogP contribution in [0.5, 0.6) is 0 Å². The van der Waals surface area contributed by atoms with Gasteiger partial charge in [0, 0.05) is 12.1 Å². The summed E-state index contributed by atoms with van der Waals surface area (Å²) in [5.74, 6) is -0.0651. The summed E-state index contributed by atoms with van der Waals surface area (Å²) in [4.78, 5) is 14.2. The molecule has 2 rings (SSSR count). The van der Waals surface area contributed by atoms with Crippen molar-refractivity contribution < 1.29 is 14.7 Å². The number of amides is 1. The van der Waals surface area contributed by atoms with Crippen LogP contribution in [0.1, 0.15) is 21.5 Å². The van der Waals surface area contributed by atoms with Gasteiger partial charge in [0.2, 0.25) is 0 Å². The van der Waals surface area contributed by atoms with Gasteiger partial charge in [-0.1, -0.05) is 22.9 Å². The summed E-state index contributed by atoms with van der Waals surface area (Å²) in [5, 5.41) is 11.6. The molecule has 1 aromatic rings. The van der Waals surface area contributed by atoms with Gasteiger partial charge in [0.25, 0.3) is 5.91 Å². The van der Waals surface area contributed by atoms with E-state index in [0.717, 1.165) is 11.1 Å². The summed E-state index contributed by atoms with van der Waals surface area (Å²) in [6.45, 7) is 5.08. The molecule has 1 heterocycles. The number of amidine groups is 1. The number of oxime groups is 1. The fourth-order valence-electron chi connectivity index (χ4n) is 2.30. The van der Waals surface area contributed by atoms with Crippen molar-refractivity contribution >= 4 is 11.7 Å². The van der Waals surface area contributed by atoms with Crippen LogP contribution in [0.15, 0.2) is 23.4 Å². The standard InChI is InChI=1S/C14H19N3O3/c1-9-3-4-11(10(2)7-9)14(18)17-5-6-20-12(8-17)13(15)16-19/h3-4,7,12,19H,5-6,8H2,1-2H3,(H2,15,16). The minimum atomic E-state index is -0.552. The molecule has 20 heavy (non-hydrogen) atoms. The van der Waals surface area contributed by atoms with Crippen molar-refractivity contribution in [1.82, 2.24) is 4.90 Å². The molecule has 1 aliphatic rings. The molecule has 108 valence electrons. The van der Waals surface area contributed by atoms with Gasteiger partial charge < -0.3 is 20.6 Å². The molecule has 0 aromatic heterocycles. The Kier molecular flexibility index (Phi) is 4.24. The number of benzene rings is 1. The number of nitrogens with zero attached hydrogens (tertiary/aromatic N) is 2. The lowest BCUT2D eigenvalue weighted by Gasteiger charge is -2.32. The zero-order valence-electron chi connectivity index (χ0n) is 11.7. The van der Waals surface area contributed by atoms with E-state index >= 15 is 0 Å². The highest BCUT2D eigenvalue weighted by atomic mass is 16.5. The van der Waals surface area contributed by atoms with E-state index < -0.39 is 6.10 Å². The first-order valence-corrected chi connectivity index (χ1v) is 6.48. The number of ether oxygens (including phenoxy) is 1. The number of hydrogen-bond donors (Lipinski definition) is 2. The molecular formula is C14H19N3O3. The summed E-state index contributed by atoms with van der Waals surface area (Å²) in [7, 11) is 0. The minimum Gasteiger partial charge on any atom is -0.409 e. The summed E-state index contributed by atoms with van der Waals surface area (Å²) in [6.07, 6.45) is -0.552. The Balaban J connectivity index is 2.16.